The second-order valence-electron chi connectivity index (χ2n) is 8.82. The van der Waals surface area contributed by atoms with E-state index in [9.17, 15) is 40.5 Å². The van der Waals surface area contributed by atoms with Gasteiger partial charge in [-0.25, -0.2) is 0 Å². The van der Waals surface area contributed by atoms with Crippen molar-refractivity contribution in [1.29, 1.82) is 0 Å². The third kappa shape index (κ3) is 8.54. The van der Waals surface area contributed by atoms with Crippen molar-refractivity contribution in [3.8, 4) is 0 Å². The third-order valence-corrected chi connectivity index (χ3v) is 6.27. The maximum atomic E-state index is 11.1. The van der Waals surface area contributed by atoms with Crippen molar-refractivity contribution >= 4 is 5.97 Å². The molecule has 13 nitrogen and oxygen atoms in total. The van der Waals surface area contributed by atoms with E-state index in [0.717, 1.165) is 32.1 Å². The number of carbonyl (C=O) groups excluding carboxylic acids is 1. The molecule has 2 rings (SSSR count). The summed E-state index contributed by atoms with van der Waals surface area (Å²) in [5.74, 6) is -0.224. The van der Waals surface area contributed by atoms with Crippen molar-refractivity contribution in [3.63, 3.8) is 0 Å². The Kier molecular flexibility index (Phi) is 13.2. The van der Waals surface area contributed by atoms with Gasteiger partial charge in [0.1, 0.15) is 48.8 Å². The molecular weight excluding hydrogens is 472 g/mol. The van der Waals surface area contributed by atoms with Crippen LogP contribution in [0.4, 0.5) is 0 Å². The molecule has 35 heavy (non-hydrogen) atoms. The molecule has 0 spiro atoms. The quantitative estimate of drug-likeness (QED) is 0.0953. The van der Waals surface area contributed by atoms with Gasteiger partial charge in [-0.2, -0.15) is 0 Å². The maximum absolute atomic E-state index is 11.1. The number of ether oxygens (including phenoxy) is 5. The van der Waals surface area contributed by atoms with E-state index in [4.69, 9.17) is 18.9 Å². The van der Waals surface area contributed by atoms with Crippen LogP contribution in [-0.2, 0) is 28.5 Å². The number of rotatable bonds is 14. The molecule has 0 aromatic carbocycles. The molecule has 0 aliphatic carbocycles. The zero-order valence-corrected chi connectivity index (χ0v) is 19.9. The summed E-state index contributed by atoms with van der Waals surface area (Å²) < 4.78 is 26.5. The van der Waals surface area contributed by atoms with Gasteiger partial charge in [0.25, 0.3) is 0 Å². The van der Waals surface area contributed by atoms with Crippen LogP contribution in [0.25, 0.3) is 0 Å². The SMILES string of the molecule is COC(=O)CCCCCCCCO[C@H]1[C@@H](O[C@H]2O[C@H](CO)[C@@H](O)[C@H](O)[C@H]2O)[C@H](O)[C@@H](CO)O[C@@H]1O. The largest absolute Gasteiger partial charge is 0.469 e. The minimum Gasteiger partial charge on any atom is -0.469 e. The normalized spacial score (nSPS) is 37.8. The van der Waals surface area contributed by atoms with Crippen LogP contribution in [0.5, 0.6) is 0 Å². The summed E-state index contributed by atoms with van der Waals surface area (Å²) in [5, 5.41) is 70.0. The molecule has 0 unspecified atom stereocenters. The monoisotopic (exact) mass is 512 g/mol. The summed E-state index contributed by atoms with van der Waals surface area (Å²) in [6.07, 6.45) is -9.20. The van der Waals surface area contributed by atoms with E-state index in [2.05, 4.69) is 4.74 Å². The highest BCUT2D eigenvalue weighted by Crippen LogP contribution is 2.30. The second-order valence-corrected chi connectivity index (χ2v) is 8.82. The molecule has 2 heterocycles. The van der Waals surface area contributed by atoms with Crippen LogP contribution in [0.1, 0.15) is 44.9 Å². The lowest BCUT2D eigenvalue weighted by Gasteiger charge is -2.46. The maximum Gasteiger partial charge on any atom is 0.305 e. The Morgan fingerprint density at radius 1 is 0.743 bits per heavy atom. The van der Waals surface area contributed by atoms with Gasteiger partial charge in [0.05, 0.1) is 20.3 Å². The van der Waals surface area contributed by atoms with Crippen molar-refractivity contribution in [2.45, 2.75) is 106 Å². The molecule has 0 amide bonds. The summed E-state index contributed by atoms with van der Waals surface area (Å²) >= 11 is 0. The average Bonchev–Trinajstić information content (AvgIpc) is 2.85. The molecule has 2 aliphatic rings. The Balaban J connectivity index is 1.88. The van der Waals surface area contributed by atoms with Gasteiger partial charge in [-0.15, -0.1) is 0 Å². The number of aliphatic hydroxyl groups is 7. The zero-order valence-electron chi connectivity index (χ0n) is 19.9. The van der Waals surface area contributed by atoms with Crippen molar-refractivity contribution in [3.05, 3.63) is 0 Å². The molecule has 0 radical (unpaired) electrons. The predicted molar refractivity (Wildman–Crippen MR) is 117 cm³/mol. The van der Waals surface area contributed by atoms with Crippen LogP contribution >= 0.6 is 0 Å². The molecule has 206 valence electrons. The van der Waals surface area contributed by atoms with E-state index in [1.54, 1.807) is 0 Å². The predicted octanol–water partition coefficient (Wildman–Crippen LogP) is -2.47. The van der Waals surface area contributed by atoms with E-state index >= 15 is 0 Å². The van der Waals surface area contributed by atoms with Gasteiger partial charge in [0.15, 0.2) is 12.6 Å². The fourth-order valence-electron chi connectivity index (χ4n) is 4.13. The van der Waals surface area contributed by atoms with E-state index in [-0.39, 0.29) is 12.6 Å². The fourth-order valence-corrected chi connectivity index (χ4v) is 4.13. The molecule has 10 atom stereocenters. The summed E-state index contributed by atoms with van der Waals surface area (Å²) in [4.78, 5) is 11.1. The van der Waals surface area contributed by atoms with Crippen LogP contribution in [0.3, 0.4) is 0 Å². The van der Waals surface area contributed by atoms with Gasteiger partial charge < -0.3 is 59.4 Å². The minimum atomic E-state index is -1.72. The first kappa shape index (κ1) is 30.3. The number of methoxy groups -OCH3 is 1. The topological polar surface area (TPSA) is 205 Å². The van der Waals surface area contributed by atoms with Crippen molar-refractivity contribution < 1.29 is 64.2 Å². The number of aliphatic hydroxyl groups excluding tert-OH is 7. The molecular formula is C22H40O13. The first-order valence-electron chi connectivity index (χ1n) is 12.0. The minimum absolute atomic E-state index is 0.193. The molecule has 13 heteroatoms. The fraction of sp³-hybridized carbons (Fsp3) is 0.955. The number of carbonyl (C=O) groups is 1. The van der Waals surface area contributed by atoms with Gasteiger partial charge >= 0.3 is 5.97 Å². The van der Waals surface area contributed by atoms with Crippen LogP contribution in [0.15, 0.2) is 0 Å². The van der Waals surface area contributed by atoms with Crippen molar-refractivity contribution in [2.24, 2.45) is 0 Å². The van der Waals surface area contributed by atoms with E-state index in [1.165, 1.54) is 7.11 Å². The average molecular weight is 513 g/mol. The Morgan fingerprint density at radius 3 is 1.97 bits per heavy atom. The molecule has 0 saturated carbocycles. The van der Waals surface area contributed by atoms with Crippen molar-refractivity contribution in [2.75, 3.05) is 26.9 Å². The molecule has 0 bridgehead atoms. The Hall–Kier alpha value is -0.970. The van der Waals surface area contributed by atoms with Crippen LogP contribution < -0.4 is 0 Å². The summed E-state index contributed by atoms with van der Waals surface area (Å²) in [6.45, 7) is -1.10. The number of hydrogen-bond acceptors (Lipinski definition) is 13. The van der Waals surface area contributed by atoms with Crippen LogP contribution in [0.2, 0.25) is 0 Å². The van der Waals surface area contributed by atoms with Gasteiger partial charge in [-0.1, -0.05) is 25.7 Å². The highest BCUT2D eigenvalue weighted by atomic mass is 16.7. The molecule has 0 aromatic rings. The van der Waals surface area contributed by atoms with Gasteiger partial charge in [0, 0.05) is 13.0 Å². The number of hydrogen-bond donors (Lipinski definition) is 7. The first-order valence-corrected chi connectivity index (χ1v) is 12.0. The lowest BCUT2D eigenvalue weighted by Crippen LogP contribution is -2.65. The van der Waals surface area contributed by atoms with E-state index in [1.807, 2.05) is 0 Å². The zero-order chi connectivity index (χ0) is 26.0. The van der Waals surface area contributed by atoms with Crippen LogP contribution in [0, 0.1) is 0 Å². The van der Waals surface area contributed by atoms with Gasteiger partial charge in [-0.3, -0.25) is 4.79 Å². The molecule has 2 saturated heterocycles. The second kappa shape index (κ2) is 15.3. The van der Waals surface area contributed by atoms with Crippen LogP contribution in [-0.4, -0.2) is 130 Å². The summed E-state index contributed by atoms with van der Waals surface area (Å²) in [7, 11) is 1.36. The van der Waals surface area contributed by atoms with E-state index < -0.39 is 74.6 Å². The number of esters is 1. The Morgan fingerprint density at radius 2 is 1.34 bits per heavy atom. The molecule has 7 N–H and O–H groups in total. The molecule has 0 aromatic heterocycles. The molecule has 2 fully saturated rings. The highest BCUT2D eigenvalue weighted by Gasteiger charge is 2.51. The van der Waals surface area contributed by atoms with Gasteiger partial charge in [-0.05, 0) is 12.8 Å². The van der Waals surface area contributed by atoms with Crippen molar-refractivity contribution in [1.82, 2.24) is 0 Å². The first-order chi connectivity index (χ1) is 16.7. The molecule has 2 aliphatic heterocycles. The summed E-state index contributed by atoms with van der Waals surface area (Å²) in [6, 6.07) is 0. The number of unbranched alkanes of at least 4 members (excludes halogenated alkanes) is 5. The lowest BCUT2D eigenvalue weighted by atomic mass is 9.97. The van der Waals surface area contributed by atoms with E-state index in [0.29, 0.717) is 12.8 Å². The van der Waals surface area contributed by atoms with Gasteiger partial charge in [0.2, 0.25) is 0 Å². The lowest BCUT2D eigenvalue weighted by molar-refractivity contribution is -0.359. The standard InChI is InChI=1S/C22H40O13/c1-31-14(25)8-6-4-2-3-5-7-9-32-20-19(16(27)13(11-24)33-21(20)30)35-22-18(29)17(28)15(26)12(10-23)34-22/h12-13,15-24,26-30H,2-11H2,1H3/t12-,13-,15-,16-,17+,18-,19+,20+,21+,22-/m1/s1. The smallest absolute Gasteiger partial charge is 0.305 e. The third-order valence-electron chi connectivity index (χ3n) is 6.27. The highest BCUT2D eigenvalue weighted by molar-refractivity contribution is 5.68. The Labute approximate surface area is 204 Å². The summed E-state index contributed by atoms with van der Waals surface area (Å²) in [5.41, 5.74) is 0. The Bertz CT molecular complexity index is 606.